The summed E-state index contributed by atoms with van der Waals surface area (Å²) in [6, 6.07) is 0. The van der Waals surface area contributed by atoms with E-state index in [0.717, 1.165) is 0 Å². The lowest BCUT2D eigenvalue weighted by Gasteiger charge is -1.61. The molecule has 0 saturated heterocycles. The highest BCUT2D eigenvalue weighted by Gasteiger charge is 1.88. The molecule has 0 heterocycles. The maximum atomic E-state index is 9.16. The first-order valence-electron chi connectivity index (χ1n) is 1.16. The molecule has 0 aromatic heterocycles. The Kier molecular flexibility index (Phi) is 8.00. The molecule has 0 aliphatic carbocycles. The minimum absolute atomic E-state index is 0. The van der Waals surface area contributed by atoms with Crippen LogP contribution in [0.4, 0.5) is 0 Å². The SMILES string of the molecule is O=S(=O)(Cl)Cl.O[B]O. The van der Waals surface area contributed by atoms with Crippen LogP contribution in [0.25, 0.3) is 0 Å². The Balaban J connectivity index is 0. The molecule has 49 valence electrons. The van der Waals surface area contributed by atoms with E-state index in [0.29, 0.717) is 0 Å². The topological polar surface area (TPSA) is 74.6 Å². The molecule has 0 spiro atoms. The van der Waals surface area contributed by atoms with Crippen LogP contribution in [-0.4, -0.2) is 26.2 Å². The van der Waals surface area contributed by atoms with Gasteiger partial charge in [0.25, 0.3) is 0 Å². The van der Waals surface area contributed by atoms with Gasteiger partial charge in [-0.1, -0.05) is 0 Å². The molecular weight excluding hydrogens is 178 g/mol. The molecule has 4 nitrogen and oxygen atoms in total. The van der Waals surface area contributed by atoms with Gasteiger partial charge < -0.3 is 10.0 Å². The largest absolute Gasteiger partial charge is 0.482 e. The third kappa shape index (κ3) is 747. The molecule has 1 radical (unpaired) electrons. The summed E-state index contributed by atoms with van der Waals surface area (Å²) in [5.41, 5.74) is 0. The van der Waals surface area contributed by atoms with Crippen LogP contribution >= 0.6 is 21.4 Å². The Morgan fingerprint density at radius 1 is 1.25 bits per heavy atom. The minimum Gasteiger partial charge on any atom is -0.429 e. The van der Waals surface area contributed by atoms with Crippen molar-refractivity contribution in [3.05, 3.63) is 0 Å². The second-order valence-corrected chi connectivity index (χ2v) is 4.16. The van der Waals surface area contributed by atoms with E-state index in [1.165, 1.54) is 0 Å². The molecule has 0 aliphatic rings. The third-order valence-corrected chi connectivity index (χ3v) is 0. The van der Waals surface area contributed by atoms with E-state index in [4.69, 9.17) is 18.5 Å². The summed E-state index contributed by atoms with van der Waals surface area (Å²) >= 11 is 0. The molecule has 8 heavy (non-hydrogen) atoms. The van der Waals surface area contributed by atoms with Crippen molar-refractivity contribution in [1.29, 1.82) is 0 Å². The van der Waals surface area contributed by atoms with E-state index >= 15 is 0 Å². The molecule has 0 atom stereocenters. The lowest BCUT2D eigenvalue weighted by molar-refractivity contribution is 0.448. The summed E-state index contributed by atoms with van der Waals surface area (Å²) in [5.74, 6) is 0. The van der Waals surface area contributed by atoms with Crippen molar-refractivity contribution >= 4 is 37.3 Å². The zero-order chi connectivity index (χ0) is 7.21. The molecule has 0 rings (SSSR count). The van der Waals surface area contributed by atoms with E-state index in [1.54, 1.807) is 0 Å². The Morgan fingerprint density at radius 3 is 1.25 bits per heavy atom. The summed E-state index contributed by atoms with van der Waals surface area (Å²) in [4.78, 5) is 0. The zero-order valence-corrected chi connectivity index (χ0v) is 5.78. The minimum atomic E-state index is -3.72. The fraction of sp³-hybridized carbons (Fsp3) is 0. The molecule has 2 N–H and O–H groups in total. The van der Waals surface area contributed by atoms with Crippen LogP contribution in [0.1, 0.15) is 0 Å². The Morgan fingerprint density at radius 2 is 1.25 bits per heavy atom. The Labute approximate surface area is 56.3 Å². The van der Waals surface area contributed by atoms with Crippen LogP contribution < -0.4 is 0 Å². The summed E-state index contributed by atoms with van der Waals surface area (Å²) < 4.78 is 18.3. The van der Waals surface area contributed by atoms with E-state index in [9.17, 15) is 0 Å². The van der Waals surface area contributed by atoms with Crippen molar-refractivity contribution in [3.8, 4) is 0 Å². The highest BCUT2D eigenvalue weighted by atomic mass is 36.0. The van der Waals surface area contributed by atoms with Crippen LogP contribution in [0.3, 0.4) is 0 Å². The quantitative estimate of drug-likeness (QED) is 0.378. The van der Waals surface area contributed by atoms with Gasteiger partial charge >= 0.3 is 15.9 Å². The van der Waals surface area contributed by atoms with Crippen molar-refractivity contribution in [2.75, 3.05) is 0 Å². The van der Waals surface area contributed by atoms with Crippen molar-refractivity contribution in [1.82, 2.24) is 0 Å². The molecule has 0 unspecified atom stereocenters. The molecule has 0 aliphatic heterocycles. The van der Waals surface area contributed by atoms with Crippen molar-refractivity contribution in [2.24, 2.45) is 0 Å². The smallest absolute Gasteiger partial charge is 0.429 e. The van der Waals surface area contributed by atoms with Gasteiger partial charge in [0.2, 0.25) is 0 Å². The second kappa shape index (κ2) is 5.65. The highest BCUT2D eigenvalue weighted by Crippen LogP contribution is 1.98. The molecule has 8 heteroatoms. The van der Waals surface area contributed by atoms with Crippen LogP contribution in [0.15, 0.2) is 0 Å². The van der Waals surface area contributed by atoms with Gasteiger partial charge in [0, 0.05) is 21.4 Å². The van der Waals surface area contributed by atoms with E-state index in [2.05, 4.69) is 21.4 Å². The lowest BCUT2D eigenvalue weighted by atomic mass is 10.5. The first-order valence-corrected chi connectivity index (χ1v) is 4.29. The fourth-order valence-corrected chi connectivity index (χ4v) is 0. The van der Waals surface area contributed by atoms with Gasteiger partial charge in [-0.15, -0.1) is 0 Å². The molecule has 0 fully saturated rings. The lowest BCUT2D eigenvalue weighted by Crippen LogP contribution is -1.75. The first kappa shape index (κ1) is 11.3. The van der Waals surface area contributed by atoms with Gasteiger partial charge in [0.15, 0.2) is 0 Å². The first-order chi connectivity index (χ1) is 3.41. The van der Waals surface area contributed by atoms with Gasteiger partial charge in [-0.05, 0) is 0 Å². The molecular formula is H2BCl2O4S. The predicted molar refractivity (Wildman–Crippen MR) is 30.8 cm³/mol. The van der Waals surface area contributed by atoms with Gasteiger partial charge in [0.1, 0.15) is 0 Å². The van der Waals surface area contributed by atoms with Gasteiger partial charge in [-0.2, -0.15) is 8.42 Å². The van der Waals surface area contributed by atoms with Crippen LogP contribution in [0.2, 0.25) is 0 Å². The predicted octanol–water partition coefficient (Wildman–Crippen LogP) is -0.786. The van der Waals surface area contributed by atoms with E-state index in [1.807, 2.05) is 0 Å². The van der Waals surface area contributed by atoms with Crippen LogP contribution in [-0.2, 0) is 8.26 Å². The molecule has 0 aromatic carbocycles. The van der Waals surface area contributed by atoms with Crippen molar-refractivity contribution in [2.45, 2.75) is 0 Å². The summed E-state index contributed by atoms with van der Waals surface area (Å²) in [6.45, 7) is 0. The number of hydrogen-bond acceptors (Lipinski definition) is 4. The number of rotatable bonds is 0. The monoisotopic (exact) mass is 179 g/mol. The maximum absolute atomic E-state index is 9.16. The van der Waals surface area contributed by atoms with E-state index in [-0.39, 0.29) is 7.69 Å². The van der Waals surface area contributed by atoms with Gasteiger partial charge in [-0.25, -0.2) is 0 Å². The van der Waals surface area contributed by atoms with Crippen molar-refractivity contribution in [3.63, 3.8) is 0 Å². The van der Waals surface area contributed by atoms with Gasteiger partial charge in [-0.3, -0.25) is 0 Å². The van der Waals surface area contributed by atoms with Gasteiger partial charge in [0.05, 0.1) is 0 Å². The second-order valence-electron chi connectivity index (χ2n) is 0.494. The number of halogens is 2. The fourth-order valence-electron chi connectivity index (χ4n) is 0. The van der Waals surface area contributed by atoms with Crippen LogP contribution in [0, 0.1) is 0 Å². The zero-order valence-electron chi connectivity index (χ0n) is 3.45. The molecule has 0 saturated carbocycles. The third-order valence-electron chi connectivity index (χ3n) is 0. The number of hydrogen-bond donors (Lipinski definition) is 2. The van der Waals surface area contributed by atoms with Crippen molar-refractivity contribution < 1.29 is 18.5 Å². The molecule has 0 bridgehead atoms. The summed E-state index contributed by atoms with van der Waals surface area (Å²) in [6.07, 6.45) is 0. The van der Waals surface area contributed by atoms with E-state index < -0.39 is 8.26 Å². The molecule has 0 aromatic rings. The molecule has 0 amide bonds. The van der Waals surface area contributed by atoms with Crippen LogP contribution in [0.5, 0.6) is 0 Å². The average molecular weight is 180 g/mol. The standard InChI is InChI=1S/BH2O2.Cl2O2S/c2-1-3;1-5(2,3)4/h2-3H;. The summed E-state index contributed by atoms with van der Waals surface area (Å²) in [7, 11) is 4.81. The maximum Gasteiger partial charge on any atom is 0.482 e. The summed E-state index contributed by atoms with van der Waals surface area (Å²) in [5, 5.41) is 14.0. The normalized spacial score (nSPS) is 9.00. The Bertz CT molecular complexity index is 108. The highest BCUT2D eigenvalue weighted by molar-refractivity contribution is 8.31. The average Bonchev–Trinajstić information content (AvgIpc) is 1.27. The Hall–Kier alpha value is 0.515.